The van der Waals surface area contributed by atoms with Crippen molar-refractivity contribution in [2.45, 2.75) is 0 Å². The number of para-hydroxylation sites is 4. The standard InChI is InChI=1S/C49H31N3O2S/c1-4-16-32(17-5-1)49-50-40-30-35(51(33-18-6-2-7-19-33)42-27-15-25-39-37-23-11-13-29-45(37)55-48(39)42)31-43(47(40)54-49)52(34-20-8-3-9-21-34)41-26-14-24-38-36-22-10-12-28-44(36)53-46(38)41/h1-31H. The van der Waals surface area contributed by atoms with Crippen LogP contribution in [0.5, 0.6) is 0 Å². The van der Waals surface area contributed by atoms with Crippen LogP contribution >= 0.6 is 11.3 Å². The molecule has 11 aromatic rings. The summed E-state index contributed by atoms with van der Waals surface area (Å²) in [5.74, 6) is 0.557. The third-order valence-electron chi connectivity index (χ3n) is 10.3. The van der Waals surface area contributed by atoms with Gasteiger partial charge in [-0.05, 0) is 72.8 Å². The Kier molecular flexibility index (Phi) is 7.28. The van der Waals surface area contributed by atoms with Crippen LogP contribution in [0.15, 0.2) is 197 Å². The van der Waals surface area contributed by atoms with Gasteiger partial charge < -0.3 is 18.6 Å². The summed E-state index contributed by atoms with van der Waals surface area (Å²) >= 11 is 1.82. The minimum Gasteiger partial charge on any atom is -0.454 e. The Morgan fingerprint density at radius 2 is 1.04 bits per heavy atom. The molecule has 3 heterocycles. The molecule has 0 unspecified atom stereocenters. The van der Waals surface area contributed by atoms with Gasteiger partial charge in [0.1, 0.15) is 11.1 Å². The largest absolute Gasteiger partial charge is 0.454 e. The molecule has 0 radical (unpaired) electrons. The van der Waals surface area contributed by atoms with Crippen molar-refractivity contribution in [1.82, 2.24) is 4.98 Å². The van der Waals surface area contributed by atoms with Gasteiger partial charge >= 0.3 is 0 Å². The summed E-state index contributed by atoms with van der Waals surface area (Å²) in [5, 5.41) is 4.61. The summed E-state index contributed by atoms with van der Waals surface area (Å²) in [7, 11) is 0. The van der Waals surface area contributed by atoms with Gasteiger partial charge in [-0.3, -0.25) is 0 Å². The summed E-state index contributed by atoms with van der Waals surface area (Å²) in [4.78, 5) is 9.80. The molecule has 3 aromatic heterocycles. The number of oxazole rings is 1. The fourth-order valence-corrected chi connectivity index (χ4v) is 9.01. The van der Waals surface area contributed by atoms with Crippen molar-refractivity contribution in [1.29, 1.82) is 0 Å². The van der Waals surface area contributed by atoms with Crippen LogP contribution in [0.1, 0.15) is 0 Å². The number of anilines is 6. The summed E-state index contributed by atoms with van der Waals surface area (Å²) in [5.41, 5.74) is 9.74. The first-order valence-corrected chi connectivity index (χ1v) is 19.1. The molecule has 0 aliphatic heterocycles. The Balaban J connectivity index is 1.23. The second-order valence-corrected chi connectivity index (χ2v) is 14.6. The molecule has 55 heavy (non-hydrogen) atoms. The molecule has 0 aliphatic rings. The number of benzene rings is 8. The van der Waals surface area contributed by atoms with Crippen LogP contribution in [0.4, 0.5) is 34.1 Å². The molecule has 0 saturated carbocycles. The predicted molar refractivity (Wildman–Crippen MR) is 229 cm³/mol. The summed E-state index contributed by atoms with van der Waals surface area (Å²) < 4.78 is 16.0. The monoisotopic (exact) mass is 725 g/mol. The Labute approximate surface area is 320 Å². The van der Waals surface area contributed by atoms with E-state index in [0.717, 1.165) is 67.1 Å². The summed E-state index contributed by atoms with van der Waals surface area (Å²) in [6.07, 6.45) is 0. The van der Waals surface area contributed by atoms with E-state index in [0.29, 0.717) is 11.5 Å². The van der Waals surface area contributed by atoms with Crippen LogP contribution in [0.25, 0.3) is 64.7 Å². The van der Waals surface area contributed by atoms with Crippen LogP contribution in [-0.4, -0.2) is 4.98 Å². The van der Waals surface area contributed by atoms with E-state index in [1.807, 2.05) is 59.9 Å². The zero-order valence-electron chi connectivity index (χ0n) is 29.5. The van der Waals surface area contributed by atoms with Crippen LogP contribution in [0.3, 0.4) is 0 Å². The quantitative estimate of drug-likeness (QED) is 0.164. The number of thiophene rings is 1. The lowest BCUT2D eigenvalue weighted by Crippen LogP contribution is -2.14. The normalized spacial score (nSPS) is 11.6. The topological polar surface area (TPSA) is 45.7 Å². The molecule has 0 saturated heterocycles. The van der Waals surface area contributed by atoms with Gasteiger partial charge in [-0.25, -0.2) is 4.98 Å². The van der Waals surface area contributed by atoms with E-state index in [2.05, 4.69) is 149 Å². The molecular formula is C49H31N3O2S. The first-order chi connectivity index (χ1) is 27.3. The third-order valence-corrected chi connectivity index (χ3v) is 11.5. The Morgan fingerprint density at radius 3 is 1.82 bits per heavy atom. The number of nitrogens with zero attached hydrogens (tertiary/aromatic N) is 3. The smallest absolute Gasteiger partial charge is 0.227 e. The van der Waals surface area contributed by atoms with E-state index in [4.69, 9.17) is 13.8 Å². The van der Waals surface area contributed by atoms with Crippen molar-refractivity contribution < 1.29 is 8.83 Å². The van der Waals surface area contributed by atoms with Crippen molar-refractivity contribution in [2.75, 3.05) is 9.80 Å². The zero-order chi connectivity index (χ0) is 36.3. The van der Waals surface area contributed by atoms with E-state index in [9.17, 15) is 0 Å². The van der Waals surface area contributed by atoms with Gasteiger partial charge in [0.05, 0.1) is 27.4 Å². The minimum atomic E-state index is 0.557. The molecule has 0 spiro atoms. The highest BCUT2D eigenvalue weighted by atomic mass is 32.1. The predicted octanol–water partition coefficient (Wildman–Crippen LogP) is 14.7. The van der Waals surface area contributed by atoms with Crippen molar-refractivity contribution in [3.8, 4) is 11.5 Å². The lowest BCUT2D eigenvalue weighted by Gasteiger charge is -2.29. The fraction of sp³-hybridized carbons (Fsp3) is 0. The second kappa shape index (κ2) is 12.8. The molecule has 260 valence electrons. The molecule has 0 bridgehead atoms. The fourth-order valence-electron chi connectivity index (χ4n) is 7.81. The van der Waals surface area contributed by atoms with Crippen LogP contribution in [-0.2, 0) is 0 Å². The van der Waals surface area contributed by atoms with Gasteiger partial charge in [-0.15, -0.1) is 11.3 Å². The van der Waals surface area contributed by atoms with Crippen molar-refractivity contribution in [2.24, 2.45) is 0 Å². The van der Waals surface area contributed by atoms with E-state index >= 15 is 0 Å². The van der Waals surface area contributed by atoms with Gasteiger partial charge in [0, 0.05) is 43.2 Å². The van der Waals surface area contributed by atoms with Gasteiger partial charge in [0.2, 0.25) is 5.89 Å². The highest BCUT2D eigenvalue weighted by Crippen LogP contribution is 2.50. The molecule has 0 amide bonds. The van der Waals surface area contributed by atoms with Crippen LogP contribution in [0, 0.1) is 0 Å². The van der Waals surface area contributed by atoms with E-state index in [-0.39, 0.29) is 0 Å². The Bertz CT molecular complexity index is 3170. The molecule has 11 rings (SSSR count). The van der Waals surface area contributed by atoms with Gasteiger partial charge in [0.15, 0.2) is 11.2 Å². The van der Waals surface area contributed by atoms with Crippen molar-refractivity contribution >= 4 is 98.7 Å². The van der Waals surface area contributed by atoms with Crippen molar-refractivity contribution in [3.63, 3.8) is 0 Å². The number of fused-ring (bicyclic) bond motifs is 7. The van der Waals surface area contributed by atoms with E-state index in [1.165, 1.54) is 20.2 Å². The molecule has 0 fully saturated rings. The number of hydrogen-bond acceptors (Lipinski definition) is 6. The van der Waals surface area contributed by atoms with E-state index in [1.54, 1.807) is 0 Å². The average molecular weight is 726 g/mol. The SMILES string of the molecule is c1ccc(-c2nc3cc(N(c4ccccc4)c4cccc5c4sc4ccccc45)cc(N(c4ccccc4)c4cccc5c4oc4ccccc45)c3o2)cc1. The minimum absolute atomic E-state index is 0.557. The molecule has 8 aromatic carbocycles. The maximum atomic E-state index is 6.84. The number of furan rings is 1. The third kappa shape index (κ3) is 5.18. The maximum absolute atomic E-state index is 6.84. The molecule has 0 N–H and O–H groups in total. The lowest BCUT2D eigenvalue weighted by molar-refractivity contribution is 0.620. The van der Waals surface area contributed by atoms with Gasteiger partial charge in [-0.1, -0.05) is 115 Å². The van der Waals surface area contributed by atoms with Crippen LogP contribution in [0.2, 0.25) is 0 Å². The molecule has 0 aliphatic carbocycles. The molecule has 5 nitrogen and oxygen atoms in total. The first-order valence-electron chi connectivity index (χ1n) is 18.3. The molecular weight excluding hydrogens is 695 g/mol. The lowest BCUT2D eigenvalue weighted by atomic mass is 10.1. The van der Waals surface area contributed by atoms with Gasteiger partial charge in [0.25, 0.3) is 0 Å². The van der Waals surface area contributed by atoms with E-state index < -0.39 is 0 Å². The summed E-state index contributed by atoms with van der Waals surface area (Å²) in [6, 6.07) is 65.3. The number of rotatable bonds is 7. The zero-order valence-corrected chi connectivity index (χ0v) is 30.3. The number of aromatic nitrogens is 1. The molecule has 0 atom stereocenters. The highest BCUT2D eigenvalue weighted by Gasteiger charge is 2.27. The molecule has 6 heteroatoms. The van der Waals surface area contributed by atoms with Gasteiger partial charge in [-0.2, -0.15) is 0 Å². The Morgan fingerprint density at radius 1 is 0.418 bits per heavy atom. The first kappa shape index (κ1) is 31.4. The average Bonchev–Trinajstić information content (AvgIpc) is 3.97. The van der Waals surface area contributed by atoms with Crippen molar-refractivity contribution in [3.05, 3.63) is 188 Å². The highest BCUT2D eigenvalue weighted by molar-refractivity contribution is 7.26. The second-order valence-electron chi connectivity index (χ2n) is 13.5. The Hall–Kier alpha value is -7.15. The van der Waals surface area contributed by atoms with Crippen LogP contribution < -0.4 is 9.80 Å². The summed E-state index contributed by atoms with van der Waals surface area (Å²) in [6.45, 7) is 0. The number of hydrogen-bond donors (Lipinski definition) is 0. The maximum Gasteiger partial charge on any atom is 0.227 e.